The number of halogens is 5. The number of hydrogen-bond donors (Lipinski definition) is 5. The number of alkyl halides is 3. The highest BCUT2D eigenvalue weighted by Crippen LogP contribution is 2.33. The van der Waals surface area contributed by atoms with Crippen molar-refractivity contribution in [3.8, 4) is 0 Å². The number of imidazole rings is 1. The van der Waals surface area contributed by atoms with E-state index in [2.05, 4.69) is 20.6 Å². The molecule has 0 aliphatic rings. The molecule has 0 saturated carbocycles. The quantitative estimate of drug-likeness (QED) is 0.175. The molecule has 0 saturated heterocycles. The molecule has 0 radical (unpaired) electrons. The second kappa shape index (κ2) is 13.2. The van der Waals surface area contributed by atoms with Gasteiger partial charge < -0.3 is 30.7 Å². The van der Waals surface area contributed by atoms with Crippen molar-refractivity contribution in [1.29, 1.82) is 0 Å². The highest BCUT2D eigenvalue weighted by atomic mass is 35.5. The van der Waals surface area contributed by atoms with Gasteiger partial charge in [0, 0.05) is 29.5 Å². The number of benzene rings is 3. The first kappa shape index (κ1) is 31.7. The van der Waals surface area contributed by atoms with Crippen molar-refractivity contribution in [2.24, 2.45) is 0 Å². The van der Waals surface area contributed by atoms with Gasteiger partial charge in [0.25, 0.3) is 11.8 Å². The van der Waals surface area contributed by atoms with Crippen molar-refractivity contribution < 1.29 is 33.0 Å². The van der Waals surface area contributed by atoms with E-state index >= 15 is 0 Å². The molecular weight excluding hydrogens is 586 g/mol. The maximum atomic E-state index is 13.5. The summed E-state index contributed by atoms with van der Waals surface area (Å²) in [6.07, 6.45) is -4.75. The minimum Gasteiger partial charge on any atom is -0.395 e. The van der Waals surface area contributed by atoms with Crippen molar-refractivity contribution in [2.75, 3.05) is 41.8 Å². The number of carbonyl (C=O) groups is 2. The van der Waals surface area contributed by atoms with Gasteiger partial charge in [0.2, 0.25) is 5.95 Å². The van der Waals surface area contributed by atoms with Gasteiger partial charge in [0.05, 0.1) is 35.4 Å². The third kappa shape index (κ3) is 7.09. The molecule has 3 aromatic carbocycles. The maximum absolute atomic E-state index is 13.5. The molecule has 14 heteroatoms. The molecule has 2 amide bonds. The number of aromatic amines is 1. The molecule has 0 aliphatic carbocycles. The number of aromatic nitrogens is 2. The number of fused-ring (bicyclic) bond motifs is 1. The second-order valence-corrected chi connectivity index (χ2v) is 9.19. The third-order valence-corrected chi connectivity index (χ3v) is 6.52. The van der Waals surface area contributed by atoms with Crippen molar-refractivity contribution in [1.82, 2.24) is 9.97 Å². The zero-order valence-electron chi connectivity index (χ0n) is 21.6. The summed E-state index contributed by atoms with van der Waals surface area (Å²) in [5, 5.41) is 24.5. The molecule has 0 atom stereocenters. The van der Waals surface area contributed by atoms with Gasteiger partial charge in [-0.15, -0.1) is 12.4 Å². The average molecular weight is 612 g/mol. The first-order valence-electron chi connectivity index (χ1n) is 12.1. The summed E-state index contributed by atoms with van der Waals surface area (Å²) in [6, 6.07) is 12.1. The van der Waals surface area contributed by atoms with Gasteiger partial charge in [-0.1, -0.05) is 29.8 Å². The van der Waals surface area contributed by atoms with E-state index in [0.717, 1.165) is 12.1 Å². The second-order valence-electron chi connectivity index (χ2n) is 8.78. The predicted molar refractivity (Wildman–Crippen MR) is 153 cm³/mol. The van der Waals surface area contributed by atoms with Gasteiger partial charge >= 0.3 is 6.18 Å². The molecule has 9 nitrogen and oxygen atoms in total. The van der Waals surface area contributed by atoms with E-state index in [-0.39, 0.29) is 66.9 Å². The predicted octanol–water partition coefficient (Wildman–Crippen LogP) is 5.26. The number of hydrogen-bond acceptors (Lipinski definition) is 6. The van der Waals surface area contributed by atoms with Gasteiger partial charge in [-0.3, -0.25) is 9.59 Å². The van der Waals surface area contributed by atoms with E-state index in [1.54, 1.807) is 30.0 Å². The molecule has 218 valence electrons. The van der Waals surface area contributed by atoms with Crippen molar-refractivity contribution >= 4 is 64.2 Å². The maximum Gasteiger partial charge on any atom is 0.417 e. The molecular formula is C27H26Cl2F3N5O4. The van der Waals surface area contributed by atoms with Crippen LogP contribution < -0.4 is 15.5 Å². The fourth-order valence-corrected chi connectivity index (χ4v) is 4.30. The molecule has 0 fully saturated rings. The lowest BCUT2D eigenvalue weighted by Crippen LogP contribution is -2.30. The van der Waals surface area contributed by atoms with Crippen LogP contribution in [0.2, 0.25) is 5.02 Å². The Morgan fingerprint density at radius 2 is 1.63 bits per heavy atom. The van der Waals surface area contributed by atoms with Crippen LogP contribution in [0.15, 0.2) is 54.6 Å². The van der Waals surface area contributed by atoms with Gasteiger partial charge in [0.15, 0.2) is 0 Å². The number of nitrogens with one attached hydrogen (secondary N) is 3. The Balaban J connectivity index is 0.00000462. The summed E-state index contributed by atoms with van der Waals surface area (Å²) in [6.45, 7) is 1.50. The molecule has 41 heavy (non-hydrogen) atoms. The minimum absolute atomic E-state index is 0. The Hall–Kier alpha value is -3.84. The van der Waals surface area contributed by atoms with Gasteiger partial charge in [0.1, 0.15) is 5.52 Å². The molecule has 5 N–H and O–H groups in total. The molecule has 0 aliphatic heterocycles. The third-order valence-electron chi connectivity index (χ3n) is 6.11. The first-order valence-corrected chi connectivity index (χ1v) is 12.5. The largest absolute Gasteiger partial charge is 0.417 e. The fraction of sp³-hybridized carbons (Fsp3) is 0.222. The highest BCUT2D eigenvalue weighted by molar-refractivity contribution is 6.31. The Bertz CT molecular complexity index is 1560. The van der Waals surface area contributed by atoms with Crippen LogP contribution in [0.1, 0.15) is 31.8 Å². The molecule has 4 rings (SSSR count). The average Bonchev–Trinajstić information content (AvgIpc) is 3.34. The Labute approximate surface area is 243 Å². The smallest absolute Gasteiger partial charge is 0.395 e. The van der Waals surface area contributed by atoms with E-state index in [4.69, 9.17) is 11.6 Å². The normalized spacial score (nSPS) is 11.2. The van der Waals surface area contributed by atoms with Crippen molar-refractivity contribution in [3.05, 3.63) is 81.9 Å². The summed E-state index contributed by atoms with van der Waals surface area (Å²) in [4.78, 5) is 35.4. The van der Waals surface area contributed by atoms with Crippen LogP contribution in [0.3, 0.4) is 0 Å². The number of nitrogens with zero attached hydrogens (tertiary/aromatic N) is 2. The van der Waals surface area contributed by atoms with E-state index in [1.165, 1.54) is 24.3 Å². The Morgan fingerprint density at radius 3 is 2.29 bits per heavy atom. The fourth-order valence-electron chi connectivity index (χ4n) is 4.12. The lowest BCUT2D eigenvalue weighted by atomic mass is 10.1. The highest BCUT2D eigenvalue weighted by Gasteiger charge is 2.35. The summed E-state index contributed by atoms with van der Waals surface area (Å²) in [7, 11) is 0. The molecule has 0 unspecified atom stereocenters. The Kier molecular flexibility index (Phi) is 10.2. The van der Waals surface area contributed by atoms with Crippen LogP contribution in [0.4, 0.5) is 30.5 Å². The number of anilines is 3. The van der Waals surface area contributed by atoms with Crippen molar-refractivity contribution in [2.45, 2.75) is 13.1 Å². The molecule has 0 bridgehead atoms. The number of aliphatic hydroxyl groups is 2. The van der Waals surface area contributed by atoms with Crippen LogP contribution in [-0.4, -0.2) is 58.3 Å². The molecule has 1 aromatic heterocycles. The lowest BCUT2D eigenvalue weighted by Gasteiger charge is -2.19. The van der Waals surface area contributed by atoms with E-state index in [1.807, 2.05) is 0 Å². The standard InChI is InChI=1S/C27H25ClF3N5O4.ClH/c1-15-20(28)7-4-8-21(15)33-25(40)18-13-16(32-24(39)17-5-2-3-6-19(17)27(29,30)31)14-22-23(18)35-26(34-22)36(9-11-37)10-12-38;/h2-8,13-14,37-38H,9-12H2,1H3,(H,32,39)(H,33,40)(H,34,35);1H. The van der Waals surface area contributed by atoms with Crippen LogP contribution in [-0.2, 0) is 6.18 Å². The zero-order valence-corrected chi connectivity index (χ0v) is 23.1. The number of aliphatic hydroxyl groups excluding tert-OH is 2. The van der Waals surface area contributed by atoms with E-state index < -0.39 is 29.1 Å². The summed E-state index contributed by atoms with van der Waals surface area (Å²) >= 11 is 6.18. The SMILES string of the molecule is Cc1c(Cl)cccc1NC(=O)c1cc(NC(=O)c2ccccc2C(F)(F)F)cc2[nH]c(N(CCO)CCO)nc12.Cl. The van der Waals surface area contributed by atoms with Gasteiger partial charge in [-0.25, -0.2) is 4.98 Å². The van der Waals surface area contributed by atoms with Crippen LogP contribution in [0, 0.1) is 6.92 Å². The van der Waals surface area contributed by atoms with E-state index in [0.29, 0.717) is 16.3 Å². The zero-order chi connectivity index (χ0) is 29.0. The van der Waals surface area contributed by atoms with Crippen molar-refractivity contribution in [3.63, 3.8) is 0 Å². The number of rotatable bonds is 9. The van der Waals surface area contributed by atoms with Gasteiger partial charge in [-0.05, 0) is 48.9 Å². The minimum atomic E-state index is -4.75. The van der Waals surface area contributed by atoms with E-state index in [9.17, 15) is 33.0 Å². The summed E-state index contributed by atoms with van der Waals surface area (Å²) in [5.41, 5.74) is -0.125. The number of H-pyrrole nitrogens is 1. The Morgan fingerprint density at radius 1 is 0.976 bits per heavy atom. The number of carbonyl (C=O) groups excluding carboxylic acids is 2. The number of amides is 2. The topological polar surface area (TPSA) is 131 Å². The lowest BCUT2D eigenvalue weighted by molar-refractivity contribution is -0.137. The first-order chi connectivity index (χ1) is 19.0. The molecule has 1 heterocycles. The monoisotopic (exact) mass is 611 g/mol. The van der Waals surface area contributed by atoms with Crippen LogP contribution >= 0.6 is 24.0 Å². The van der Waals surface area contributed by atoms with Crippen LogP contribution in [0.25, 0.3) is 11.0 Å². The summed E-state index contributed by atoms with van der Waals surface area (Å²) in [5.74, 6) is -1.40. The van der Waals surface area contributed by atoms with Gasteiger partial charge in [-0.2, -0.15) is 13.2 Å². The molecule has 0 spiro atoms. The van der Waals surface area contributed by atoms with Crippen LogP contribution in [0.5, 0.6) is 0 Å². The summed E-state index contributed by atoms with van der Waals surface area (Å²) < 4.78 is 40.5. The molecule has 4 aromatic rings.